The van der Waals surface area contributed by atoms with E-state index in [1.807, 2.05) is 60.7 Å². The number of benzene rings is 2. The summed E-state index contributed by atoms with van der Waals surface area (Å²) in [6, 6.07) is 17.8. The molecule has 19 heteroatoms. The highest BCUT2D eigenvalue weighted by Crippen LogP contribution is 2.40. The van der Waals surface area contributed by atoms with Crippen LogP contribution in [0, 0.1) is 0 Å². The third-order valence-electron chi connectivity index (χ3n) is 10.9. The van der Waals surface area contributed by atoms with Crippen LogP contribution >= 0.6 is 0 Å². The zero-order valence-corrected chi connectivity index (χ0v) is 32.3. The van der Waals surface area contributed by atoms with Gasteiger partial charge in [-0.3, -0.25) is 9.48 Å². The first-order valence-corrected chi connectivity index (χ1v) is 19.3. The molecule has 59 heavy (non-hydrogen) atoms. The first-order valence-electron chi connectivity index (χ1n) is 19.3. The Kier molecular flexibility index (Phi) is 12.1. The van der Waals surface area contributed by atoms with E-state index >= 15 is 0 Å². The van der Waals surface area contributed by atoms with Crippen molar-refractivity contribution in [1.82, 2.24) is 44.8 Å². The highest BCUT2D eigenvalue weighted by molar-refractivity contribution is 5.94. The van der Waals surface area contributed by atoms with Crippen molar-refractivity contribution in [3.05, 3.63) is 102 Å². The van der Waals surface area contributed by atoms with Crippen molar-refractivity contribution in [2.24, 2.45) is 0 Å². The molecule has 4 atom stereocenters. The molecular formula is C40H45F3N10O6. The second kappa shape index (κ2) is 17.4. The summed E-state index contributed by atoms with van der Waals surface area (Å²) in [5, 5.41) is 36.2. The molecule has 2 aliphatic carbocycles. The van der Waals surface area contributed by atoms with E-state index in [0.717, 1.165) is 11.1 Å². The molecule has 2 saturated carbocycles. The molecule has 3 amide bonds. The van der Waals surface area contributed by atoms with Gasteiger partial charge >= 0.3 is 18.2 Å². The van der Waals surface area contributed by atoms with Gasteiger partial charge in [0.25, 0.3) is 5.91 Å². The Morgan fingerprint density at radius 2 is 1.51 bits per heavy atom. The molecule has 7 rings (SSSR count). The number of carbonyl (C=O) groups is 3. The number of fused-ring (bicyclic) bond motifs is 1. The Morgan fingerprint density at radius 3 is 2.12 bits per heavy atom. The minimum atomic E-state index is -5.15. The molecule has 2 fully saturated rings. The summed E-state index contributed by atoms with van der Waals surface area (Å²) in [7, 11) is 3.35. The average Bonchev–Trinajstić information content (AvgIpc) is 3.95. The van der Waals surface area contributed by atoms with Gasteiger partial charge in [-0.1, -0.05) is 60.7 Å². The molecule has 0 aliphatic heterocycles. The molecule has 3 heterocycles. The SMILES string of the molecule is CN(C)C(=O)NC1CCC(NC(=O)c2nc(NCC(c3ccccc3)c3ccccc3)c3ncn([C@@H]4C[C@H](n5cc(COC(=O)C(F)(F)F)cn5)C(O)C4O)c3n2)CC1. The zero-order valence-electron chi connectivity index (χ0n) is 32.3. The van der Waals surface area contributed by atoms with E-state index in [9.17, 15) is 37.8 Å². The molecule has 16 nitrogen and oxygen atoms in total. The second-order valence-corrected chi connectivity index (χ2v) is 15.1. The van der Waals surface area contributed by atoms with Crippen molar-refractivity contribution in [2.45, 2.75) is 87.2 Å². The summed E-state index contributed by atoms with van der Waals surface area (Å²) >= 11 is 0. The van der Waals surface area contributed by atoms with E-state index in [4.69, 9.17) is 0 Å². The number of aromatic nitrogens is 6. The van der Waals surface area contributed by atoms with Gasteiger partial charge in [0.2, 0.25) is 5.82 Å². The number of esters is 1. The van der Waals surface area contributed by atoms with Gasteiger partial charge in [-0.25, -0.2) is 24.5 Å². The first-order chi connectivity index (χ1) is 28.3. The van der Waals surface area contributed by atoms with Crippen LogP contribution in [-0.4, -0.2) is 113 Å². The lowest BCUT2D eigenvalue weighted by atomic mass is 9.91. The Hall–Kier alpha value is -6.08. The van der Waals surface area contributed by atoms with Crippen molar-refractivity contribution < 1.29 is 42.5 Å². The van der Waals surface area contributed by atoms with Crippen LogP contribution in [0.15, 0.2) is 79.4 Å². The number of hydrogen-bond acceptors (Lipinski definition) is 11. The number of aliphatic hydroxyl groups is 2. The van der Waals surface area contributed by atoms with E-state index in [1.54, 1.807) is 18.7 Å². The Balaban J connectivity index is 1.16. The van der Waals surface area contributed by atoms with Gasteiger partial charge in [0.05, 0.1) is 24.6 Å². The lowest BCUT2D eigenvalue weighted by Gasteiger charge is -2.30. The number of nitrogens with zero attached hydrogens (tertiary/aromatic N) is 7. The second-order valence-electron chi connectivity index (χ2n) is 15.1. The zero-order chi connectivity index (χ0) is 41.8. The highest BCUT2D eigenvalue weighted by atomic mass is 19.4. The highest BCUT2D eigenvalue weighted by Gasteiger charge is 2.45. The van der Waals surface area contributed by atoms with Gasteiger partial charge < -0.3 is 40.4 Å². The molecule has 2 aromatic carbocycles. The fourth-order valence-electron chi connectivity index (χ4n) is 7.71. The lowest BCUT2D eigenvalue weighted by Crippen LogP contribution is -2.46. The summed E-state index contributed by atoms with van der Waals surface area (Å²) in [6.07, 6.45) is -1.22. The number of carbonyl (C=O) groups excluding carboxylic acids is 3. The third-order valence-corrected chi connectivity index (χ3v) is 10.9. The van der Waals surface area contributed by atoms with E-state index in [-0.39, 0.29) is 53.3 Å². The number of nitrogens with one attached hydrogen (secondary N) is 3. The van der Waals surface area contributed by atoms with Gasteiger partial charge in [-0.15, -0.1) is 0 Å². The number of rotatable bonds is 12. The van der Waals surface area contributed by atoms with Crippen molar-refractivity contribution >= 4 is 34.9 Å². The maximum Gasteiger partial charge on any atom is 0.490 e. The Bertz CT molecular complexity index is 2210. The molecule has 2 unspecified atom stereocenters. The minimum absolute atomic E-state index is 0.0183. The molecule has 5 N–H and O–H groups in total. The predicted molar refractivity (Wildman–Crippen MR) is 207 cm³/mol. The largest absolute Gasteiger partial charge is 0.490 e. The summed E-state index contributed by atoms with van der Waals surface area (Å²) in [5.41, 5.74) is 2.78. The quantitative estimate of drug-likeness (QED) is 0.114. The molecule has 312 valence electrons. The summed E-state index contributed by atoms with van der Waals surface area (Å²) in [4.78, 5) is 52.8. The van der Waals surface area contributed by atoms with Gasteiger partial charge in [0.15, 0.2) is 11.5 Å². The molecule has 0 bridgehead atoms. The molecule has 0 spiro atoms. The number of hydrogen-bond donors (Lipinski definition) is 5. The first kappa shape index (κ1) is 41.1. The van der Waals surface area contributed by atoms with Crippen LogP contribution in [-0.2, 0) is 16.1 Å². The minimum Gasteiger partial charge on any atom is -0.454 e. The summed E-state index contributed by atoms with van der Waals surface area (Å²) < 4.78 is 45.2. The van der Waals surface area contributed by atoms with Crippen molar-refractivity contribution in [1.29, 1.82) is 0 Å². The molecule has 3 aromatic heterocycles. The van der Waals surface area contributed by atoms with Crippen LogP contribution in [0.4, 0.5) is 23.8 Å². The molecule has 0 radical (unpaired) electrons. The third kappa shape index (κ3) is 9.30. The van der Waals surface area contributed by atoms with Crippen LogP contribution in [0.5, 0.6) is 0 Å². The maximum atomic E-state index is 13.9. The molecule has 5 aromatic rings. The normalized spacial score (nSPS) is 22.0. The van der Waals surface area contributed by atoms with Gasteiger partial charge in [0, 0.05) is 50.4 Å². The number of halogens is 3. The van der Waals surface area contributed by atoms with Gasteiger partial charge in [0.1, 0.15) is 24.3 Å². The number of anilines is 1. The van der Waals surface area contributed by atoms with Crippen molar-refractivity contribution in [3.8, 4) is 0 Å². The Morgan fingerprint density at radius 1 is 0.898 bits per heavy atom. The van der Waals surface area contributed by atoms with Crippen molar-refractivity contribution in [2.75, 3.05) is 26.0 Å². The fourth-order valence-corrected chi connectivity index (χ4v) is 7.71. The van der Waals surface area contributed by atoms with Crippen LogP contribution in [0.2, 0.25) is 0 Å². The Labute approximate surface area is 336 Å². The van der Waals surface area contributed by atoms with Crippen LogP contribution in [0.25, 0.3) is 11.2 Å². The van der Waals surface area contributed by atoms with E-state index < -0.39 is 49.0 Å². The monoisotopic (exact) mass is 818 g/mol. The maximum absolute atomic E-state index is 13.9. The van der Waals surface area contributed by atoms with E-state index in [2.05, 4.69) is 40.7 Å². The molecule has 2 aliphatic rings. The van der Waals surface area contributed by atoms with Gasteiger partial charge in [-0.2, -0.15) is 18.3 Å². The fraction of sp³-hybridized carbons (Fsp3) is 0.425. The smallest absolute Gasteiger partial charge is 0.454 e. The van der Waals surface area contributed by atoms with Crippen LogP contribution in [0.1, 0.15) is 77.4 Å². The number of amides is 3. The van der Waals surface area contributed by atoms with E-state index in [1.165, 1.54) is 28.3 Å². The van der Waals surface area contributed by atoms with Crippen LogP contribution < -0.4 is 16.0 Å². The number of urea groups is 1. The lowest BCUT2D eigenvalue weighted by molar-refractivity contribution is -0.201. The number of ether oxygens (including phenoxy) is 1. The van der Waals surface area contributed by atoms with E-state index in [0.29, 0.717) is 37.7 Å². The van der Waals surface area contributed by atoms with Crippen molar-refractivity contribution in [3.63, 3.8) is 0 Å². The molecular weight excluding hydrogens is 773 g/mol. The number of aliphatic hydroxyl groups excluding tert-OH is 2. The number of imidazole rings is 1. The topological polar surface area (TPSA) is 202 Å². The summed E-state index contributed by atoms with van der Waals surface area (Å²) in [6.45, 7) is -0.329. The summed E-state index contributed by atoms with van der Waals surface area (Å²) in [5.74, 6) is -2.85. The van der Waals surface area contributed by atoms with Crippen LogP contribution in [0.3, 0.4) is 0 Å². The standard InChI is InChI=1S/C40H45F3N10O6/c1-51(2)39(58)48-27-15-13-26(14-16-27)47-37(56)35-49-34(44-19-28(24-9-5-3-6-10-24)25-11-7-4-8-12-25)31-36(50-35)52(22-45-31)29-17-30(33(55)32(29)54)53-20-23(18-46-53)21-59-38(57)40(41,42)43/h3-12,18,20,22,26-30,32-33,54-55H,13-17,19,21H2,1-2H3,(H,47,56)(H,48,58)(H,44,49,50)/t26?,27?,29-,30+,32?,33?/m1/s1. The predicted octanol–water partition coefficient (Wildman–Crippen LogP) is 4.09. The molecule has 0 saturated heterocycles. The average molecular weight is 819 g/mol. The van der Waals surface area contributed by atoms with Gasteiger partial charge in [-0.05, 0) is 43.2 Å². The number of alkyl halides is 3.